The molecule has 3 heteroatoms. The lowest BCUT2D eigenvalue weighted by Crippen LogP contribution is -2.46. The summed E-state index contributed by atoms with van der Waals surface area (Å²) in [5.41, 5.74) is 2.02. The molecule has 3 unspecified atom stereocenters. The molecule has 1 saturated carbocycles. The van der Waals surface area contributed by atoms with Crippen LogP contribution in [0.1, 0.15) is 49.7 Å². The highest BCUT2D eigenvalue weighted by Crippen LogP contribution is 2.30. The maximum atomic E-state index is 8.85. The summed E-state index contributed by atoms with van der Waals surface area (Å²) in [6.07, 6.45) is 8.09. The highest BCUT2D eigenvalue weighted by Gasteiger charge is 2.32. The standard InChI is InChI=1S/C18H25N3/c19-12-14-7-9-15(10-8-14)13-21-18-5-2-1-4-16(18)17-6-3-11-20-17/h7-10,16-18,20-21H,1-6,11,13H2. The molecule has 1 aromatic rings. The second-order valence-electron chi connectivity index (χ2n) is 6.45. The molecule has 0 bridgehead atoms. The fourth-order valence-corrected chi connectivity index (χ4v) is 3.92. The summed E-state index contributed by atoms with van der Waals surface area (Å²) in [4.78, 5) is 0. The normalized spacial score (nSPS) is 29.2. The van der Waals surface area contributed by atoms with Crippen LogP contribution in [0.4, 0.5) is 0 Å². The third-order valence-corrected chi connectivity index (χ3v) is 5.09. The second-order valence-corrected chi connectivity index (χ2v) is 6.45. The molecule has 1 aromatic carbocycles. The maximum absolute atomic E-state index is 8.85. The Morgan fingerprint density at radius 2 is 1.90 bits per heavy atom. The van der Waals surface area contributed by atoms with E-state index in [1.165, 1.54) is 50.6 Å². The van der Waals surface area contributed by atoms with Gasteiger partial charge < -0.3 is 10.6 Å². The molecule has 1 aliphatic heterocycles. The first-order chi connectivity index (χ1) is 10.4. The average Bonchev–Trinajstić information content (AvgIpc) is 3.08. The molecule has 0 radical (unpaired) electrons. The fourth-order valence-electron chi connectivity index (χ4n) is 3.92. The van der Waals surface area contributed by atoms with Crippen molar-refractivity contribution in [3.63, 3.8) is 0 Å². The smallest absolute Gasteiger partial charge is 0.0991 e. The third kappa shape index (κ3) is 3.64. The van der Waals surface area contributed by atoms with E-state index in [9.17, 15) is 0 Å². The Labute approximate surface area is 127 Å². The predicted molar refractivity (Wildman–Crippen MR) is 84.8 cm³/mol. The number of hydrogen-bond donors (Lipinski definition) is 2. The van der Waals surface area contributed by atoms with Gasteiger partial charge >= 0.3 is 0 Å². The molecule has 3 atom stereocenters. The highest BCUT2D eigenvalue weighted by atomic mass is 15.0. The SMILES string of the molecule is N#Cc1ccc(CNC2CCCCC2C2CCCN2)cc1. The Morgan fingerprint density at radius 3 is 2.62 bits per heavy atom. The molecule has 0 amide bonds. The van der Waals surface area contributed by atoms with E-state index in [0.717, 1.165) is 24.1 Å². The van der Waals surface area contributed by atoms with Crippen molar-refractivity contribution in [2.45, 2.75) is 57.2 Å². The van der Waals surface area contributed by atoms with Crippen LogP contribution in [-0.4, -0.2) is 18.6 Å². The zero-order valence-corrected chi connectivity index (χ0v) is 12.6. The second kappa shape index (κ2) is 7.06. The van der Waals surface area contributed by atoms with Crippen molar-refractivity contribution in [1.29, 1.82) is 5.26 Å². The van der Waals surface area contributed by atoms with Crippen molar-refractivity contribution in [3.8, 4) is 6.07 Å². The molecule has 2 N–H and O–H groups in total. The molecule has 2 aliphatic rings. The Balaban J connectivity index is 1.57. The van der Waals surface area contributed by atoms with Crippen LogP contribution in [0.3, 0.4) is 0 Å². The number of nitrogens with one attached hydrogen (secondary N) is 2. The lowest BCUT2D eigenvalue weighted by atomic mass is 9.79. The Bertz CT molecular complexity index is 482. The minimum absolute atomic E-state index is 0.644. The first-order valence-corrected chi connectivity index (χ1v) is 8.32. The quantitative estimate of drug-likeness (QED) is 0.893. The molecule has 1 saturated heterocycles. The molecule has 0 spiro atoms. The van der Waals surface area contributed by atoms with Gasteiger partial charge in [0.25, 0.3) is 0 Å². The predicted octanol–water partition coefficient (Wildman–Crippen LogP) is 2.96. The van der Waals surface area contributed by atoms with Gasteiger partial charge in [0.15, 0.2) is 0 Å². The number of rotatable bonds is 4. The van der Waals surface area contributed by atoms with Crippen molar-refractivity contribution in [2.75, 3.05) is 6.54 Å². The zero-order chi connectivity index (χ0) is 14.5. The van der Waals surface area contributed by atoms with Gasteiger partial charge in [-0.25, -0.2) is 0 Å². The van der Waals surface area contributed by atoms with Gasteiger partial charge in [-0.15, -0.1) is 0 Å². The lowest BCUT2D eigenvalue weighted by Gasteiger charge is -2.36. The van der Waals surface area contributed by atoms with E-state index in [-0.39, 0.29) is 0 Å². The van der Waals surface area contributed by atoms with Gasteiger partial charge in [0.05, 0.1) is 11.6 Å². The van der Waals surface area contributed by atoms with Gasteiger partial charge in [-0.2, -0.15) is 5.26 Å². The minimum Gasteiger partial charge on any atom is -0.314 e. The van der Waals surface area contributed by atoms with E-state index in [0.29, 0.717) is 6.04 Å². The first-order valence-electron chi connectivity index (χ1n) is 8.32. The minimum atomic E-state index is 0.644. The van der Waals surface area contributed by atoms with E-state index in [2.05, 4.69) is 28.8 Å². The van der Waals surface area contributed by atoms with Crippen molar-refractivity contribution in [1.82, 2.24) is 10.6 Å². The molecule has 1 heterocycles. The Morgan fingerprint density at radius 1 is 1.10 bits per heavy atom. The largest absolute Gasteiger partial charge is 0.314 e. The van der Waals surface area contributed by atoms with Gasteiger partial charge in [0.2, 0.25) is 0 Å². The highest BCUT2D eigenvalue weighted by molar-refractivity contribution is 5.31. The van der Waals surface area contributed by atoms with Gasteiger partial charge in [-0.3, -0.25) is 0 Å². The number of nitrogens with zero attached hydrogens (tertiary/aromatic N) is 1. The zero-order valence-electron chi connectivity index (χ0n) is 12.6. The maximum Gasteiger partial charge on any atom is 0.0991 e. The number of hydrogen-bond acceptors (Lipinski definition) is 3. The summed E-state index contributed by atoms with van der Waals surface area (Å²) < 4.78 is 0. The Kier molecular flexibility index (Phi) is 4.90. The van der Waals surface area contributed by atoms with E-state index in [1.807, 2.05) is 12.1 Å². The molecule has 2 fully saturated rings. The topological polar surface area (TPSA) is 47.9 Å². The summed E-state index contributed by atoms with van der Waals surface area (Å²) in [5.74, 6) is 0.791. The Hall–Kier alpha value is -1.37. The van der Waals surface area contributed by atoms with Crippen LogP contribution in [-0.2, 0) is 6.54 Å². The van der Waals surface area contributed by atoms with Crippen LogP contribution < -0.4 is 10.6 Å². The summed E-state index contributed by atoms with van der Waals surface area (Å²) in [5, 5.41) is 16.3. The molecule has 3 nitrogen and oxygen atoms in total. The van der Waals surface area contributed by atoms with Gasteiger partial charge in [0.1, 0.15) is 0 Å². The van der Waals surface area contributed by atoms with Crippen molar-refractivity contribution < 1.29 is 0 Å². The molecular formula is C18H25N3. The molecule has 0 aromatic heterocycles. The summed E-state index contributed by atoms with van der Waals surface area (Å²) in [6.45, 7) is 2.11. The van der Waals surface area contributed by atoms with Crippen LogP contribution in [0.25, 0.3) is 0 Å². The van der Waals surface area contributed by atoms with E-state index in [4.69, 9.17) is 5.26 Å². The molecule has 112 valence electrons. The van der Waals surface area contributed by atoms with E-state index in [1.54, 1.807) is 0 Å². The van der Waals surface area contributed by atoms with Crippen LogP contribution in [0.2, 0.25) is 0 Å². The number of benzene rings is 1. The third-order valence-electron chi connectivity index (χ3n) is 5.09. The van der Waals surface area contributed by atoms with Crippen molar-refractivity contribution in [2.24, 2.45) is 5.92 Å². The van der Waals surface area contributed by atoms with Crippen LogP contribution in [0.15, 0.2) is 24.3 Å². The van der Waals surface area contributed by atoms with Crippen molar-refractivity contribution >= 4 is 0 Å². The first kappa shape index (κ1) is 14.6. The molecular weight excluding hydrogens is 258 g/mol. The fraction of sp³-hybridized carbons (Fsp3) is 0.611. The van der Waals surface area contributed by atoms with Crippen LogP contribution in [0, 0.1) is 17.2 Å². The van der Waals surface area contributed by atoms with E-state index >= 15 is 0 Å². The van der Waals surface area contributed by atoms with Gasteiger partial charge in [-0.05, 0) is 55.8 Å². The summed E-state index contributed by atoms with van der Waals surface area (Å²) in [6, 6.07) is 11.5. The molecule has 1 aliphatic carbocycles. The summed E-state index contributed by atoms with van der Waals surface area (Å²) >= 11 is 0. The van der Waals surface area contributed by atoms with Gasteiger partial charge in [0, 0.05) is 18.6 Å². The average molecular weight is 283 g/mol. The monoisotopic (exact) mass is 283 g/mol. The van der Waals surface area contributed by atoms with Crippen LogP contribution in [0.5, 0.6) is 0 Å². The van der Waals surface area contributed by atoms with Gasteiger partial charge in [-0.1, -0.05) is 25.0 Å². The lowest BCUT2D eigenvalue weighted by molar-refractivity contribution is 0.213. The number of nitriles is 1. The van der Waals surface area contributed by atoms with E-state index < -0.39 is 0 Å². The van der Waals surface area contributed by atoms with Crippen LogP contribution >= 0.6 is 0 Å². The summed E-state index contributed by atoms with van der Waals surface area (Å²) in [7, 11) is 0. The molecule has 21 heavy (non-hydrogen) atoms. The molecule has 3 rings (SSSR count). The van der Waals surface area contributed by atoms with Crippen molar-refractivity contribution in [3.05, 3.63) is 35.4 Å².